The molecule has 3 aromatic heterocycles. The summed E-state index contributed by atoms with van der Waals surface area (Å²) in [4.78, 5) is 22.4. The molecule has 5 aromatic rings. The molecule has 5 nitrogen and oxygen atoms in total. The zero-order chi connectivity index (χ0) is 24.6. The first-order chi connectivity index (χ1) is 16.8. The van der Waals surface area contributed by atoms with E-state index in [1.54, 1.807) is 24.5 Å². The van der Waals surface area contributed by atoms with Crippen LogP contribution in [0.4, 0.5) is 13.2 Å². The largest absolute Gasteiger partial charge is 0.416 e. The molecular formula is C24H15F3N4OS3. The maximum Gasteiger partial charge on any atom is 0.416 e. The zero-order valence-corrected chi connectivity index (χ0v) is 20.2. The summed E-state index contributed by atoms with van der Waals surface area (Å²) in [5.41, 5.74) is 0.911. The Kier molecular flexibility index (Phi) is 6.30. The van der Waals surface area contributed by atoms with Crippen LogP contribution >= 0.6 is 35.3 Å². The summed E-state index contributed by atoms with van der Waals surface area (Å²) < 4.78 is 43.5. The third kappa shape index (κ3) is 4.66. The van der Waals surface area contributed by atoms with Gasteiger partial charge in [0.25, 0.3) is 5.56 Å². The second kappa shape index (κ2) is 9.40. The van der Waals surface area contributed by atoms with Crippen LogP contribution in [0, 0.1) is 3.95 Å². The van der Waals surface area contributed by atoms with Gasteiger partial charge in [-0.15, -0.1) is 0 Å². The first-order valence-corrected chi connectivity index (χ1v) is 12.5. The fourth-order valence-corrected chi connectivity index (χ4v) is 5.78. The highest BCUT2D eigenvalue weighted by Crippen LogP contribution is 2.33. The molecule has 0 N–H and O–H groups in total. The topological polar surface area (TPSA) is 52.7 Å². The van der Waals surface area contributed by atoms with Crippen molar-refractivity contribution in [1.29, 1.82) is 0 Å². The number of para-hydroxylation sites is 1. The fraction of sp³-hybridized carbons (Fsp3) is 0.0833. The highest BCUT2D eigenvalue weighted by atomic mass is 32.2. The fourth-order valence-electron chi connectivity index (χ4n) is 3.51. The average Bonchev–Trinajstić information content (AvgIpc) is 3.19. The number of aromatic nitrogens is 4. The summed E-state index contributed by atoms with van der Waals surface area (Å²) >= 11 is 7.85. The van der Waals surface area contributed by atoms with Gasteiger partial charge < -0.3 is 0 Å². The second-order valence-electron chi connectivity index (χ2n) is 7.42. The molecule has 0 aliphatic heterocycles. The Labute approximate surface area is 210 Å². The van der Waals surface area contributed by atoms with Crippen LogP contribution in [0.25, 0.3) is 21.7 Å². The van der Waals surface area contributed by atoms with Crippen LogP contribution in [0.1, 0.15) is 11.1 Å². The lowest BCUT2D eigenvalue weighted by atomic mass is 10.2. The van der Waals surface area contributed by atoms with Crippen LogP contribution in [0.2, 0.25) is 0 Å². The number of alkyl halides is 3. The van der Waals surface area contributed by atoms with Crippen LogP contribution in [0.5, 0.6) is 0 Å². The van der Waals surface area contributed by atoms with E-state index in [4.69, 9.17) is 17.2 Å². The Hall–Kier alpha value is -3.28. The molecule has 2 aromatic carbocycles. The van der Waals surface area contributed by atoms with Crippen LogP contribution in [0.15, 0.2) is 89.1 Å². The van der Waals surface area contributed by atoms with E-state index in [1.807, 2.05) is 30.3 Å². The normalized spacial score (nSPS) is 11.7. The number of halogens is 3. The van der Waals surface area contributed by atoms with Crippen LogP contribution < -0.4 is 5.56 Å². The van der Waals surface area contributed by atoms with Crippen molar-refractivity contribution in [3.63, 3.8) is 0 Å². The molecule has 0 atom stereocenters. The van der Waals surface area contributed by atoms with Gasteiger partial charge in [0, 0.05) is 23.8 Å². The number of fused-ring (bicyclic) bond motifs is 1. The van der Waals surface area contributed by atoms with E-state index in [9.17, 15) is 18.0 Å². The summed E-state index contributed by atoms with van der Waals surface area (Å²) in [6.07, 6.45) is -1.15. The van der Waals surface area contributed by atoms with Crippen molar-refractivity contribution in [3.8, 4) is 11.4 Å². The molecule has 0 aliphatic carbocycles. The van der Waals surface area contributed by atoms with Gasteiger partial charge in [-0.25, -0.2) is 4.98 Å². The lowest BCUT2D eigenvalue weighted by molar-refractivity contribution is -0.137. The molecule has 0 amide bonds. The molecule has 0 aliphatic rings. The standard InChI is InChI=1S/C24H15F3N4OS3/c25-24(26,27)16-5-4-8-18(13-16)30-20-19(35-23(30)33)21(32)31(17-6-2-1-3-7-17)22(29-20)34-14-15-9-11-28-12-10-15/h1-13H,14H2. The number of rotatable bonds is 5. The van der Waals surface area contributed by atoms with E-state index < -0.39 is 11.7 Å². The predicted octanol–water partition coefficient (Wildman–Crippen LogP) is 6.67. The van der Waals surface area contributed by atoms with Gasteiger partial charge in [0.15, 0.2) is 14.8 Å². The Morgan fingerprint density at radius 3 is 2.37 bits per heavy atom. The van der Waals surface area contributed by atoms with E-state index in [0.29, 0.717) is 16.6 Å². The number of pyridine rings is 1. The summed E-state index contributed by atoms with van der Waals surface area (Å²) in [6, 6.07) is 17.7. The molecule has 0 unspecified atom stereocenters. The molecule has 3 heterocycles. The molecule has 5 rings (SSSR count). The summed E-state index contributed by atoms with van der Waals surface area (Å²) in [5, 5.41) is 0.402. The Morgan fingerprint density at radius 2 is 1.66 bits per heavy atom. The predicted molar refractivity (Wildman–Crippen MR) is 134 cm³/mol. The Balaban J connectivity index is 1.72. The minimum Gasteiger partial charge on any atom is -0.275 e. The van der Waals surface area contributed by atoms with E-state index in [1.165, 1.54) is 33.0 Å². The molecule has 0 fully saturated rings. The minimum atomic E-state index is -4.51. The number of thiazole rings is 1. The molecule has 0 spiro atoms. The third-order valence-corrected chi connectivity index (χ3v) is 7.50. The molecule has 0 saturated heterocycles. The third-order valence-electron chi connectivity index (χ3n) is 5.14. The van der Waals surface area contributed by atoms with E-state index >= 15 is 0 Å². The van der Waals surface area contributed by atoms with Crippen molar-refractivity contribution in [1.82, 2.24) is 19.1 Å². The molecular weight excluding hydrogens is 513 g/mol. The molecule has 35 heavy (non-hydrogen) atoms. The lowest BCUT2D eigenvalue weighted by Crippen LogP contribution is -2.21. The smallest absolute Gasteiger partial charge is 0.275 e. The van der Waals surface area contributed by atoms with Crippen molar-refractivity contribution in [3.05, 3.63) is 105 Å². The van der Waals surface area contributed by atoms with Crippen molar-refractivity contribution < 1.29 is 13.2 Å². The van der Waals surface area contributed by atoms with E-state index in [-0.39, 0.29) is 25.5 Å². The Bertz CT molecular complexity index is 1630. The van der Waals surface area contributed by atoms with Gasteiger partial charge in [-0.3, -0.25) is 18.9 Å². The molecule has 11 heteroatoms. The van der Waals surface area contributed by atoms with Gasteiger partial charge in [-0.2, -0.15) is 13.2 Å². The lowest BCUT2D eigenvalue weighted by Gasteiger charge is -2.13. The van der Waals surface area contributed by atoms with Gasteiger partial charge >= 0.3 is 6.18 Å². The van der Waals surface area contributed by atoms with E-state index in [0.717, 1.165) is 29.0 Å². The SMILES string of the molecule is O=c1c2sc(=S)n(-c3cccc(C(F)(F)F)c3)c2nc(SCc2ccncc2)n1-c1ccccc1. The number of nitrogens with zero attached hydrogens (tertiary/aromatic N) is 4. The summed E-state index contributed by atoms with van der Waals surface area (Å²) in [5.74, 6) is 0.516. The number of benzene rings is 2. The van der Waals surface area contributed by atoms with E-state index in [2.05, 4.69) is 4.98 Å². The first kappa shape index (κ1) is 23.5. The molecule has 0 saturated carbocycles. The molecule has 0 radical (unpaired) electrons. The maximum absolute atomic E-state index is 13.7. The zero-order valence-electron chi connectivity index (χ0n) is 17.8. The number of hydrogen-bond acceptors (Lipinski definition) is 6. The highest BCUT2D eigenvalue weighted by Gasteiger charge is 2.31. The maximum atomic E-state index is 13.7. The van der Waals surface area contributed by atoms with Gasteiger partial charge in [0.05, 0.1) is 11.3 Å². The second-order valence-corrected chi connectivity index (χ2v) is 10.0. The van der Waals surface area contributed by atoms with Crippen LogP contribution in [-0.4, -0.2) is 19.1 Å². The van der Waals surface area contributed by atoms with Crippen LogP contribution in [-0.2, 0) is 11.9 Å². The van der Waals surface area contributed by atoms with Gasteiger partial charge in [-0.1, -0.05) is 47.4 Å². The van der Waals surface area contributed by atoms with Crippen molar-refractivity contribution >= 4 is 45.7 Å². The van der Waals surface area contributed by atoms with Gasteiger partial charge in [0.1, 0.15) is 4.70 Å². The monoisotopic (exact) mass is 528 g/mol. The Morgan fingerprint density at radius 1 is 0.943 bits per heavy atom. The average molecular weight is 529 g/mol. The molecule has 176 valence electrons. The molecule has 0 bridgehead atoms. The number of hydrogen-bond donors (Lipinski definition) is 0. The van der Waals surface area contributed by atoms with Gasteiger partial charge in [0.2, 0.25) is 0 Å². The minimum absolute atomic E-state index is 0.200. The quantitative estimate of drug-likeness (QED) is 0.145. The van der Waals surface area contributed by atoms with Crippen LogP contribution in [0.3, 0.4) is 0 Å². The number of thioether (sulfide) groups is 1. The summed E-state index contributed by atoms with van der Waals surface area (Å²) in [6.45, 7) is 0. The van der Waals surface area contributed by atoms with Crippen molar-refractivity contribution in [2.45, 2.75) is 17.1 Å². The highest BCUT2D eigenvalue weighted by molar-refractivity contribution is 7.98. The first-order valence-electron chi connectivity index (χ1n) is 10.3. The summed E-state index contributed by atoms with van der Waals surface area (Å²) in [7, 11) is 0. The van der Waals surface area contributed by atoms with Gasteiger partial charge in [-0.05, 0) is 60.2 Å². The van der Waals surface area contributed by atoms with Crippen molar-refractivity contribution in [2.24, 2.45) is 0 Å². The van der Waals surface area contributed by atoms with Crippen molar-refractivity contribution in [2.75, 3.05) is 0 Å².